The monoisotopic (exact) mass is 743 g/mol. The van der Waals surface area contributed by atoms with Crippen molar-refractivity contribution in [2.75, 3.05) is 38.8 Å². The van der Waals surface area contributed by atoms with Crippen LogP contribution >= 0.6 is 23.2 Å². The lowest BCUT2D eigenvalue weighted by atomic mass is 9.86. The lowest BCUT2D eigenvalue weighted by Gasteiger charge is -2.44. The van der Waals surface area contributed by atoms with E-state index < -0.39 is 29.8 Å². The van der Waals surface area contributed by atoms with Gasteiger partial charge in [-0.05, 0) is 79.4 Å². The molecule has 1 amide bonds. The molecule has 3 saturated heterocycles. The number of carbonyl (C=O) groups is 2. The summed E-state index contributed by atoms with van der Waals surface area (Å²) in [6.07, 6.45) is 3.32. The van der Waals surface area contributed by atoms with Gasteiger partial charge in [0.2, 0.25) is 0 Å². The van der Waals surface area contributed by atoms with Crippen LogP contribution in [0.5, 0.6) is 11.5 Å². The molecule has 4 aromatic rings. The van der Waals surface area contributed by atoms with Gasteiger partial charge in [-0.15, -0.1) is 0 Å². The smallest absolute Gasteiger partial charge is 0.415 e. The van der Waals surface area contributed by atoms with Crippen LogP contribution in [-0.2, 0) is 22.4 Å². The van der Waals surface area contributed by atoms with Gasteiger partial charge in [0, 0.05) is 24.6 Å². The zero-order valence-corrected chi connectivity index (χ0v) is 29.4. The lowest BCUT2D eigenvalue weighted by molar-refractivity contribution is -0.377. The number of carbonyl (C=O) groups excluding carboxylic acids is 2. The minimum absolute atomic E-state index is 0. The molecule has 3 aliphatic rings. The van der Waals surface area contributed by atoms with E-state index in [0.29, 0.717) is 44.8 Å². The first-order valence-corrected chi connectivity index (χ1v) is 16.9. The van der Waals surface area contributed by atoms with Crippen LogP contribution in [0.4, 0.5) is 19.3 Å². The molecule has 3 aliphatic heterocycles. The third-order valence-corrected chi connectivity index (χ3v) is 9.89. The van der Waals surface area contributed by atoms with Crippen molar-refractivity contribution in [3.8, 4) is 11.5 Å². The number of ether oxygens (including phenoxy) is 4. The molecular weight excluding hydrogens is 707 g/mol. The van der Waals surface area contributed by atoms with E-state index in [4.69, 9.17) is 42.1 Å². The normalized spacial score (nSPS) is 18.3. The number of H-pyrrole nitrogens is 1. The Morgan fingerprint density at radius 2 is 1.63 bits per heavy atom. The summed E-state index contributed by atoms with van der Waals surface area (Å²) >= 11 is 12.9. The van der Waals surface area contributed by atoms with Gasteiger partial charge in [0.15, 0.2) is 23.9 Å². The highest BCUT2D eigenvalue weighted by molar-refractivity contribution is 6.35. The molecule has 0 spiro atoms. The fourth-order valence-corrected chi connectivity index (χ4v) is 6.98. The van der Waals surface area contributed by atoms with Crippen molar-refractivity contribution in [2.24, 2.45) is 5.92 Å². The van der Waals surface area contributed by atoms with Gasteiger partial charge >= 0.3 is 12.1 Å². The number of methoxy groups -OCH3 is 2. The van der Waals surface area contributed by atoms with Crippen LogP contribution in [0.3, 0.4) is 0 Å². The maximum Gasteiger partial charge on any atom is 0.415 e. The number of nitrogens with zero attached hydrogens (tertiary/aromatic N) is 2. The second kappa shape index (κ2) is 16.7. The minimum Gasteiger partial charge on any atom is -0.870 e. The van der Waals surface area contributed by atoms with Gasteiger partial charge < -0.3 is 24.4 Å². The third-order valence-electron chi connectivity index (χ3n) is 9.21. The Morgan fingerprint density at radius 3 is 2.24 bits per heavy atom. The average Bonchev–Trinajstić information content (AvgIpc) is 3.12. The van der Waals surface area contributed by atoms with E-state index in [1.165, 1.54) is 20.3 Å². The van der Waals surface area contributed by atoms with Crippen LogP contribution in [-0.4, -0.2) is 62.4 Å². The fourth-order valence-electron chi connectivity index (χ4n) is 6.45. The molecule has 1 aromatic heterocycles. The predicted octanol–water partition coefficient (Wildman–Crippen LogP) is 7.30. The van der Waals surface area contributed by atoms with Gasteiger partial charge in [0.1, 0.15) is 33.9 Å². The highest BCUT2D eigenvalue weighted by Crippen LogP contribution is 2.36. The number of aromatic amines is 1. The van der Waals surface area contributed by atoms with Crippen LogP contribution in [0.25, 0.3) is 0 Å². The zero-order chi connectivity index (χ0) is 35.4. The molecule has 0 aliphatic carbocycles. The number of halogens is 4. The van der Waals surface area contributed by atoms with Gasteiger partial charge in [-0.1, -0.05) is 41.4 Å². The van der Waals surface area contributed by atoms with Crippen LogP contribution in [0.2, 0.25) is 10.0 Å². The predicted molar refractivity (Wildman–Crippen MR) is 185 cm³/mol. The SMILES string of the molecule is COc1ccc([C@H](Cc2c(Cl)c[nH+]cc2Cl)OC(=O)c2ccc(CN(C(=O)O[C@H]3CN4CCC3CC4)c3ccc(F)cc3F)cc2)cc1OC.[OH-]. The molecule has 0 unspecified atom stereocenters. The Balaban J connectivity index is 0.00000504. The van der Waals surface area contributed by atoms with Crippen LogP contribution in [0.15, 0.2) is 73.1 Å². The zero-order valence-electron chi connectivity index (χ0n) is 27.9. The molecule has 3 fully saturated rings. The molecule has 0 radical (unpaired) electrons. The molecule has 0 saturated carbocycles. The number of benzene rings is 3. The topological polar surface area (TPSA) is 122 Å². The van der Waals surface area contributed by atoms with E-state index in [2.05, 4.69) is 9.88 Å². The molecule has 51 heavy (non-hydrogen) atoms. The molecule has 4 heterocycles. The summed E-state index contributed by atoms with van der Waals surface area (Å²) in [6, 6.07) is 14.6. The first-order chi connectivity index (χ1) is 24.1. The summed E-state index contributed by atoms with van der Waals surface area (Å²) in [5, 5.41) is 0.745. The number of pyridine rings is 1. The number of hydrogen-bond acceptors (Lipinski definition) is 8. The quantitative estimate of drug-likeness (QED) is 0.147. The van der Waals surface area contributed by atoms with E-state index in [1.807, 2.05) is 0 Å². The maximum absolute atomic E-state index is 15.0. The number of aromatic nitrogens is 1. The largest absolute Gasteiger partial charge is 0.870 e. The number of fused-ring (bicyclic) bond motifs is 3. The number of rotatable bonds is 11. The summed E-state index contributed by atoms with van der Waals surface area (Å²) in [4.78, 5) is 33.4. The second-order valence-corrected chi connectivity index (χ2v) is 13.1. The number of nitrogens with one attached hydrogen (secondary N) is 1. The molecule has 7 rings (SSSR count). The van der Waals surface area contributed by atoms with Crippen molar-refractivity contribution in [3.63, 3.8) is 0 Å². The molecule has 270 valence electrons. The second-order valence-electron chi connectivity index (χ2n) is 12.3. The molecule has 2 N–H and O–H groups in total. The molecule has 2 bridgehead atoms. The van der Waals surface area contributed by atoms with Gasteiger partial charge in [0.25, 0.3) is 0 Å². The highest BCUT2D eigenvalue weighted by Gasteiger charge is 2.38. The standard InChI is InChI=1S/C37H35Cl2F2N3O6.H2O/c1-47-32-10-7-25(15-34(32)48-2)33(17-27-28(38)18-42-19-29(27)39)49-36(45)24-5-3-22(4-6-24)20-44(31-9-8-26(40)16-30(31)41)37(46)50-35-21-43-13-11-23(35)12-14-43;/h3-10,15-16,18-19,23,33,35H,11-14,17,20-21H2,1-2H3;1H2/t33-,35-;/m0./s1. The van der Waals surface area contributed by atoms with Crippen molar-refractivity contribution in [1.82, 2.24) is 4.90 Å². The Hall–Kier alpha value is -4.49. The maximum atomic E-state index is 15.0. The molecule has 3 aromatic carbocycles. The van der Waals surface area contributed by atoms with Crippen LogP contribution < -0.4 is 19.4 Å². The van der Waals surface area contributed by atoms with Crippen LogP contribution in [0, 0.1) is 17.6 Å². The van der Waals surface area contributed by atoms with Gasteiger partial charge in [0.05, 0.1) is 32.0 Å². The summed E-state index contributed by atoms with van der Waals surface area (Å²) in [5.74, 6) is -1.10. The Labute approximate surface area is 304 Å². The van der Waals surface area contributed by atoms with E-state index in [0.717, 1.165) is 43.0 Å². The Morgan fingerprint density at radius 1 is 0.941 bits per heavy atom. The third kappa shape index (κ3) is 8.70. The lowest BCUT2D eigenvalue weighted by Crippen LogP contribution is -2.53. The number of hydrogen-bond donors (Lipinski definition) is 0. The summed E-state index contributed by atoms with van der Waals surface area (Å²) < 4.78 is 51.6. The first-order valence-electron chi connectivity index (χ1n) is 16.1. The van der Waals surface area contributed by atoms with Gasteiger partial charge in [-0.25, -0.2) is 23.4 Å². The minimum atomic E-state index is -0.895. The van der Waals surface area contributed by atoms with Gasteiger partial charge in [-0.2, -0.15) is 0 Å². The highest BCUT2D eigenvalue weighted by atomic mass is 35.5. The number of amides is 1. The van der Waals surface area contributed by atoms with E-state index in [1.54, 1.807) is 54.9 Å². The van der Waals surface area contributed by atoms with Crippen molar-refractivity contribution in [2.45, 2.75) is 38.0 Å². The van der Waals surface area contributed by atoms with Crippen molar-refractivity contribution in [1.29, 1.82) is 0 Å². The summed E-state index contributed by atoms with van der Waals surface area (Å²) in [7, 11) is 3.03. The van der Waals surface area contributed by atoms with E-state index in [9.17, 15) is 14.0 Å². The van der Waals surface area contributed by atoms with Crippen molar-refractivity contribution in [3.05, 3.63) is 117 Å². The average molecular weight is 745 g/mol. The van der Waals surface area contributed by atoms with Crippen molar-refractivity contribution >= 4 is 41.0 Å². The van der Waals surface area contributed by atoms with E-state index in [-0.39, 0.29) is 41.7 Å². The molecule has 10 nitrogen and oxygen atoms in total. The number of anilines is 1. The van der Waals surface area contributed by atoms with Crippen molar-refractivity contribution < 1.29 is 47.8 Å². The fraction of sp³-hybridized carbons (Fsp3) is 0.324. The number of piperidine rings is 3. The van der Waals surface area contributed by atoms with E-state index >= 15 is 4.39 Å². The Kier molecular flexibility index (Phi) is 12.4. The summed E-state index contributed by atoms with van der Waals surface area (Å²) in [6.45, 7) is 2.46. The van der Waals surface area contributed by atoms with Crippen LogP contribution in [0.1, 0.15) is 46.0 Å². The van der Waals surface area contributed by atoms with Gasteiger partial charge in [-0.3, -0.25) is 9.80 Å². The Bertz CT molecular complexity index is 1840. The number of esters is 1. The molecule has 14 heteroatoms. The summed E-state index contributed by atoms with van der Waals surface area (Å²) in [5.41, 5.74) is 1.88. The molecular formula is C37H37Cl2F2N3O7. The first kappa shape index (κ1) is 37.8. The molecule has 2 atom stereocenters.